The topological polar surface area (TPSA) is 109 Å². The molecule has 0 bridgehead atoms. The highest BCUT2D eigenvalue weighted by molar-refractivity contribution is 5.96. The number of benzene rings is 5. The van der Waals surface area contributed by atoms with Crippen molar-refractivity contribution in [3.63, 3.8) is 0 Å². The first-order valence-electron chi connectivity index (χ1n) is 25.2. The first kappa shape index (κ1) is 60.3. The van der Waals surface area contributed by atoms with Crippen molar-refractivity contribution in [2.45, 2.75) is 80.1 Å². The van der Waals surface area contributed by atoms with E-state index in [0.29, 0.717) is 0 Å². The van der Waals surface area contributed by atoms with Crippen LogP contribution in [0.25, 0.3) is 44.9 Å². The Morgan fingerprint density at radius 1 is 0.667 bits per heavy atom. The number of aryl methyl sites for hydroxylation is 3. The molecule has 0 saturated carbocycles. The van der Waals surface area contributed by atoms with Gasteiger partial charge in [-0.2, -0.15) is 0 Å². The average Bonchev–Trinajstić information content (AvgIpc) is 3.74. The molecule has 0 fully saturated rings. The minimum Gasteiger partial charge on any atom is -0.405 e. The molecule has 0 spiro atoms. The highest BCUT2D eigenvalue weighted by Gasteiger charge is 2.20. The van der Waals surface area contributed by atoms with Crippen LogP contribution < -0.4 is 22.9 Å². The van der Waals surface area contributed by atoms with Gasteiger partial charge in [-0.15, -0.1) is 6.58 Å². The van der Waals surface area contributed by atoms with Gasteiger partial charge in [0, 0.05) is 28.4 Å². The molecule has 1 aliphatic rings. The first-order chi connectivity index (χ1) is 35.3. The van der Waals surface area contributed by atoms with Gasteiger partial charge in [-0.25, -0.2) is 0 Å². The van der Waals surface area contributed by atoms with Crippen LogP contribution in [0.3, 0.4) is 0 Å². The zero-order valence-corrected chi connectivity index (χ0v) is 44.5. The third-order valence-corrected chi connectivity index (χ3v) is 10.9. The quantitative estimate of drug-likeness (QED) is 0.0644. The van der Waals surface area contributed by atoms with E-state index in [4.69, 9.17) is 17.2 Å². The zero-order valence-electron chi connectivity index (χ0n) is 44.5. The van der Waals surface area contributed by atoms with Crippen molar-refractivity contribution in [1.82, 2.24) is 4.57 Å². The predicted octanol–water partition coefficient (Wildman–Crippen LogP) is 16.8. The van der Waals surface area contributed by atoms with E-state index in [9.17, 15) is 0 Å². The van der Waals surface area contributed by atoms with Crippen LogP contribution in [0.4, 0.5) is 0 Å². The lowest BCUT2D eigenvalue weighted by Crippen LogP contribution is -2.08. The molecule has 6 aromatic rings. The molecule has 1 aromatic heterocycles. The molecule has 376 valence electrons. The molecule has 5 heteroatoms. The number of nitrogens with two attached hydrogens (primary N) is 4. The van der Waals surface area contributed by atoms with E-state index in [1.165, 1.54) is 81.5 Å². The van der Waals surface area contributed by atoms with Crippen LogP contribution in [-0.2, 0) is 12.8 Å². The highest BCUT2D eigenvalue weighted by Crippen LogP contribution is 2.38. The minimum atomic E-state index is -0.0918. The number of aromatic nitrogens is 1. The summed E-state index contributed by atoms with van der Waals surface area (Å²) in [6, 6.07) is 43.0. The second kappa shape index (κ2) is 36.1. The van der Waals surface area contributed by atoms with Crippen LogP contribution in [0.15, 0.2) is 244 Å². The van der Waals surface area contributed by atoms with E-state index in [1.54, 1.807) is 18.2 Å². The van der Waals surface area contributed by atoms with Gasteiger partial charge in [0.15, 0.2) is 0 Å². The molecular weight excluding hydrogens is 875 g/mol. The predicted molar refractivity (Wildman–Crippen MR) is 322 cm³/mol. The van der Waals surface area contributed by atoms with Crippen molar-refractivity contribution in [3.05, 3.63) is 277 Å². The molecule has 5 aromatic carbocycles. The molecule has 0 amide bonds. The lowest BCUT2D eigenvalue weighted by Gasteiger charge is -2.15. The fourth-order valence-corrected chi connectivity index (χ4v) is 7.71. The molecule has 1 aliphatic carbocycles. The third-order valence-electron chi connectivity index (χ3n) is 10.9. The van der Waals surface area contributed by atoms with E-state index in [-0.39, 0.29) is 5.92 Å². The average molecular weight is 958 g/mol. The van der Waals surface area contributed by atoms with Crippen molar-refractivity contribution in [1.29, 1.82) is 0 Å². The standard InChI is InChI=1S/C45H43N3.C13H15N.C3H8.C3H6.C2H6.CH5N/c1-4-37(26-28-43(47)39(20-10-5-6-15-29-46)34-17-8-7-9-18-34)48-44-22-14-13-21-40(44)41-27-25-36(31-45(41)48)35-24-23-33(3)42(30-35)38-19-12-11-16-32(38)2;14-12-8-3-1-2-5-9-13-10-6-4-7-11-13;2*1-3-2;2*1-2/h4-12,14-20,22-31,39H,1,13,21,46-47H2,2-3H3;1-8,10-12H,9,14H2;3H2,1-2H3;3H,1H2,2H3;1-2H3;2H2,1H3/b6-5-,20-10-,29-15+,37-26+,43-28+;3-1-,5-2+,12-8-;;;;. The second-order valence-electron chi connectivity index (χ2n) is 16.2. The number of hydrogen-bond donors (Lipinski definition) is 4. The molecule has 1 unspecified atom stereocenters. The number of fused-ring (bicyclic) bond motifs is 3. The summed E-state index contributed by atoms with van der Waals surface area (Å²) in [5.41, 5.74) is 37.4. The molecular formula is C67H83N5. The Kier molecular flexibility index (Phi) is 30.2. The first-order valence-corrected chi connectivity index (χ1v) is 25.2. The van der Waals surface area contributed by atoms with E-state index < -0.39 is 0 Å². The van der Waals surface area contributed by atoms with Gasteiger partial charge in [0.25, 0.3) is 0 Å². The Labute approximate surface area is 434 Å². The summed E-state index contributed by atoms with van der Waals surface area (Å²) >= 11 is 0. The van der Waals surface area contributed by atoms with Crippen molar-refractivity contribution < 1.29 is 0 Å². The third kappa shape index (κ3) is 19.1. The second-order valence-corrected chi connectivity index (χ2v) is 16.2. The highest BCUT2D eigenvalue weighted by atomic mass is 15.0. The van der Waals surface area contributed by atoms with Crippen LogP contribution in [0.5, 0.6) is 0 Å². The normalized spacial score (nSPS) is 12.5. The van der Waals surface area contributed by atoms with Gasteiger partial charge in [0.1, 0.15) is 0 Å². The Bertz CT molecular complexity index is 2790. The summed E-state index contributed by atoms with van der Waals surface area (Å²) in [7, 11) is 1.50. The molecule has 1 heterocycles. The fourth-order valence-electron chi connectivity index (χ4n) is 7.71. The van der Waals surface area contributed by atoms with Crippen LogP contribution in [0, 0.1) is 13.8 Å². The fraction of sp³-hybridized carbons (Fsp3) is 0.194. The van der Waals surface area contributed by atoms with E-state index >= 15 is 0 Å². The van der Waals surface area contributed by atoms with Gasteiger partial charge >= 0.3 is 0 Å². The van der Waals surface area contributed by atoms with Crippen molar-refractivity contribution in [2.75, 3.05) is 7.05 Å². The lowest BCUT2D eigenvalue weighted by molar-refractivity contribution is 0.966. The number of rotatable bonds is 14. The van der Waals surface area contributed by atoms with Gasteiger partial charge in [-0.3, -0.25) is 0 Å². The Hall–Kier alpha value is -7.86. The maximum atomic E-state index is 6.83. The van der Waals surface area contributed by atoms with Gasteiger partial charge in [0.2, 0.25) is 0 Å². The van der Waals surface area contributed by atoms with Crippen LogP contribution in [0.2, 0.25) is 0 Å². The molecule has 0 radical (unpaired) electrons. The minimum absolute atomic E-state index is 0.0918. The number of allylic oxidation sites excluding steroid dienone is 16. The van der Waals surface area contributed by atoms with Crippen molar-refractivity contribution in [3.8, 4) is 22.3 Å². The summed E-state index contributed by atoms with van der Waals surface area (Å²) in [6.45, 7) is 22.1. The Morgan fingerprint density at radius 3 is 1.85 bits per heavy atom. The van der Waals surface area contributed by atoms with Crippen LogP contribution in [0.1, 0.15) is 86.9 Å². The van der Waals surface area contributed by atoms with E-state index in [1.807, 2.05) is 93.6 Å². The molecule has 0 aliphatic heterocycles. The van der Waals surface area contributed by atoms with E-state index in [0.717, 1.165) is 41.7 Å². The lowest BCUT2D eigenvalue weighted by atomic mass is 9.92. The summed E-state index contributed by atoms with van der Waals surface area (Å²) in [5, 5.41) is 1.28. The molecule has 0 saturated heterocycles. The van der Waals surface area contributed by atoms with Gasteiger partial charge < -0.3 is 27.5 Å². The van der Waals surface area contributed by atoms with Gasteiger partial charge in [-0.1, -0.05) is 211 Å². The Morgan fingerprint density at radius 2 is 1.22 bits per heavy atom. The summed E-state index contributed by atoms with van der Waals surface area (Å²) in [5.74, 6) is -0.0918. The maximum absolute atomic E-state index is 6.83. The van der Waals surface area contributed by atoms with E-state index in [2.05, 4.69) is 179 Å². The number of nitrogens with zero attached hydrogens (tertiary/aromatic N) is 1. The Balaban J connectivity index is 0.000000617. The van der Waals surface area contributed by atoms with Crippen molar-refractivity contribution in [2.24, 2.45) is 22.9 Å². The summed E-state index contributed by atoms with van der Waals surface area (Å²) in [4.78, 5) is 0. The number of hydrogen-bond acceptors (Lipinski definition) is 4. The van der Waals surface area contributed by atoms with Crippen LogP contribution >= 0.6 is 0 Å². The van der Waals surface area contributed by atoms with Crippen molar-refractivity contribution >= 4 is 22.7 Å². The monoisotopic (exact) mass is 958 g/mol. The molecule has 5 nitrogen and oxygen atoms in total. The summed E-state index contributed by atoms with van der Waals surface area (Å²) in [6.07, 6.45) is 39.2. The zero-order chi connectivity index (χ0) is 52.9. The summed E-state index contributed by atoms with van der Waals surface area (Å²) < 4.78 is 2.34. The SMILES string of the molecule is C=C/C(=C\C=C(\N)C(\C=C/C=C\C=C\N)c1ccccc1)n1c2c(c3ccc(-c4ccc(C)c(-c5ccccc5C)c4)cc31)CCC=C2.C=CC.CC.CCC.CN.N\C=C/C=C\C=C\Cc1ccccc1. The molecule has 7 rings (SSSR count). The molecule has 72 heavy (non-hydrogen) atoms. The maximum Gasteiger partial charge on any atom is 0.0543 e. The smallest absolute Gasteiger partial charge is 0.0543 e. The van der Waals surface area contributed by atoms with Gasteiger partial charge in [-0.05, 0) is 158 Å². The van der Waals surface area contributed by atoms with Gasteiger partial charge in [0.05, 0.1) is 5.52 Å². The molecule has 1 atom stereocenters. The molecule has 8 N–H and O–H groups in total. The largest absolute Gasteiger partial charge is 0.405 e. The van der Waals surface area contributed by atoms with Crippen LogP contribution in [-0.4, -0.2) is 11.6 Å².